The van der Waals surface area contributed by atoms with Crippen LogP contribution in [-0.2, 0) is 22.7 Å². The fourth-order valence-corrected chi connectivity index (χ4v) is 3.26. The molecule has 3 rings (SSSR count). The molecule has 0 aliphatic carbocycles. The third-order valence-corrected chi connectivity index (χ3v) is 4.80. The quantitative estimate of drug-likeness (QED) is 0.565. The van der Waals surface area contributed by atoms with Crippen LogP contribution in [0, 0.1) is 6.92 Å². The normalized spacial score (nSPS) is 11.8. The molecule has 2 amide bonds. The van der Waals surface area contributed by atoms with Gasteiger partial charge in [0.15, 0.2) is 0 Å². The third-order valence-electron chi connectivity index (χ3n) is 4.80. The first kappa shape index (κ1) is 22.0. The molecule has 1 N–H and O–H groups in total. The number of pyridine rings is 1. The van der Waals surface area contributed by atoms with Crippen molar-refractivity contribution in [2.75, 3.05) is 0 Å². The lowest BCUT2D eigenvalue weighted by Gasteiger charge is -2.26. The van der Waals surface area contributed by atoms with E-state index in [1.54, 1.807) is 24.1 Å². The van der Waals surface area contributed by atoms with Gasteiger partial charge in [0, 0.05) is 18.8 Å². The first-order valence-corrected chi connectivity index (χ1v) is 10.3. The number of amides is 2. The number of aryl methyl sites for hydroxylation is 1. The molecule has 0 saturated heterocycles. The molecule has 0 bridgehead atoms. The van der Waals surface area contributed by atoms with E-state index in [1.165, 1.54) is 6.08 Å². The minimum Gasteiger partial charge on any atom is -0.341 e. The molecule has 1 atom stereocenters. The van der Waals surface area contributed by atoms with Crippen molar-refractivity contribution in [3.8, 4) is 0 Å². The molecule has 0 aliphatic heterocycles. The van der Waals surface area contributed by atoms with E-state index in [1.807, 2.05) is 73.7 Å². The lowest BCUT2D eigenvalue weighted by atomic mass is 10.1. The van der Waals surface area contributed by atoms with Gasteiger partial charge in [-0.3, -0.25) is 14.6 Å². The van der Waals surface area contributed by atoms with E-state index in [4.69, 9.17) is 0 Å². The van der Waals surface area contributed by atoms with Crippen molar-refractivity contribution in [2.24, 2.45) is 0 Å². The lowest BCUT2D eigenvalue weighted by molar-refractivity contribution is -0.136. The zero-order valence-electron chi connectivity index (χ0n) is 17.9. The van der Waals surface area contributed by atoms with Gasteiger partial charge in [0.05, 0.1) is 12.2 Å². The topological polar surface area (TPSA) is 62.3 Å². The Morgan fingerprint density at radius 1 is 1.00 bits per heavy atom. The summed E-state index contributed by atoms with van der Waals surface area (Å²) < 4.78 is 0. The Hall–Kier alpha value is -3.73. The molecule has 5 nitrogen and oxygen atoms in total. The monoisotopic (exact) mass is 413 g/mol. The van der Waals surface area contributed by atoms with Gasteiger partial charge >= 0.3 is 0 Å². The first-order chi connectivity index (χ1) is 15.0. The van der Waals surface area contributed by atoms with Crippen LogP contribution in [0.3, 0.4) is 0 Å². The van der Waals surface area contributed by atoms with Gasteiger partial charge in [-0.05, 0) is 43.2 Å². The van der Waals surface area contributed by atoms with Gasteiger partial charge in [-0.2, -0.15) is 0 Å². The van der Waals surface area contributed by atoms with Crippen LogP contribution in [0.15, 0.2) is 85.1 Å². The van der Waals surface area contributed by atoms with E-state index in [2.05, 4.69) is 16.4 Å². The maximum absolute atomic E-state index is 13.2. The molecule has 0 aliphatic rings. The van der Waals surface area contributed by atoms with Crippen molar-refractivity contribution >= 4 is 17.9 Å². The van der Waals surface area contributed by atoms with Crippen molar-refractivity contribution < 1.29 is 9.59 Å². The van der Waals surface area contributed by atoms with Crippen LogP contribution in [0.5, 0.6) is 0 Å². The van der Waals surface area contributed by atoms with E-state index < -0.39 is 6.04 Å². The Labute approximate surface area is 183 Å². The van der Waals surface area contributed by atoms with E-state index in [-0.39, 0.29) is 11.8 Å². The molecule has 158 valence electrons. The second-order valence-electron chi connectivity index (χ2n) is 7.48. The number of nitrogens with one attached hydrogen (secondary N) is 1. The third kappa shape index (κ3) is 6.93. The molecule has 1 heterocycles. The average molecular weight is 414 g/mol. The van der Waals surface area contributed by atoms with E-state index >= 15 is 0 Å². The number of aromatic nitrogens is 1. The van der Waals surface area contributed by atoms with Crippen LogP contribution in [0.4, 0.5) is 0 Å². The van der Waals surface area contributed by atoms with Crippen LogP contribution in [0.1, 0.15) is 29.3 Å². The van der Waals surface area contributed by atoms with Crippen LogP contribution < -0.4 is 5.32 Å². The standard InChI is InChI=1S/C26H27N3O2/c1-20-9-8-12-23(17-20)18-29(19-24-13-6-7-16-27-24)26(31)21(2)28-25(30)15-14-22-10-4-3-5-11-22/h3-17,21H,18-19H2,1-2H3,(H,28,30)/b15-14+. The Morgan fingerprint density at radius 2 is 1.77 bits per heavy atom. The molecule has 5 heteroatoms. The molecule has 0 fully saturated rings. The number of benzene rings is 2. The van der Waals surface area contributed by atoms with Gasteiger partial charge in [-0.1, -0.05) is 66.2 Å². The van der Waals surface area contributed by atoms with Crippen molar-refractivity contribution in [1.82, 2.24) is 15.2 Å². The molecule has 3 aromatic rings. The molecule has 0 spiro atoms. The number of hydrogen-bond donors (Lipinski definition) is 1. The summed E-state index contributed by atoms with van der Waals surface area (Å²) in [6.45, 7) is 4.54. The zero-order chi connectivity index (χ0) is 22.1. The molecule has 0 saturated carbocycles. The number of nitrogens with zero attached hydrogens (tertiary/aromatic N) is 2. The van der Waals surface area contributed by atoms with Crippen LogP contribution in [0.2, 0.25) is 0 Å². The summed E-state index contributed by atoms with van der Waals surface area (Å²) in [6, 6.07) is 22.6. The van der Waals surface area contributed by atoms with Gasteiger partial charge in [0.2, 0.25) is 11.8 Å². The maximum Gasteiger partial charge on any atom is 0.245 e. The van der Waals surface area contributed by atoms with Crippen molar-refractivity contribution in [1.29, 1.82) is 0 Å². The fourth-order valence-electron chi connectivity index (χ4n) is 3.26. The molecule has 0 radical (unpaired) electrons. The summed E-state index contributed by atoms with van der Waals surface area (Å²) >= 11 is 0. The molecule has 1 aromatic heterocycles. The maximum atomic E-state index is 13.2. The lowest BCUT2D eigenvalue weighted by Crippen LogP contribution is -2.46. The van der Waals surface area contributed by atoms with E-state index in [0.29, 0.717) is 13.1 Å². The summed E-state index contributed by atoms with van der Waals surface area (Å²) in [5.41, 5.74) is 3.89. The van der Waals surface area contributed by atoms with Crippen molar-refractivity contribution in [2.45, 2.75) is 33.0 Å². The predicted octanol–water partition coefficient (Wildman–Crippen LogP) is 4.14. The second kappa shape index (κ2) is 10.9. The van der Waals surface area contributed by atoms with E-state index in [0.717, 1.165) is 22.4 Å². The number of carbonyl (C=O) groups is 2. The second-order valence-corrected chi connectivity index (χ2v) is 7.48. The number of hydrogen-bond acceptors (Lipinski definition) is 3. The Morgan fingerprint density at radius 3 is 2.48 bits per heavy atom. The summed E-state index contributed by atoms with van der Waals surface area (Å²) in [4.78, 5) is 31.6. The first-order valence-electron chi connectivity index (χ1n) is 10.3. The SMILES string of the molecule is Cc1cccc(CN(Cc2ccccn2)C(=O)C(C)NC(=O)/C=C/c2ccccc2)c1. The number of carbonyl (C=O) groups excluding carboxylic acids is 2. The van der Waals surface area contributed by atoms with Gasteiger partial charge in [0.25, 0.3) is 0 Å². The van der Waals surface area contributed by atoms with Crippen LogP contribution in [0.25, 0.3) is 6.08 Å². The predicted molar refractivity (Wildman–Crippen MR) is 123 cm³/mol. The molecule has 2 aromatic carbocycles. The Bertz CT molecular complexity index is 1030. The summed E-state index contributed by atoms with van der Waals surface area (Å²) in [7, 11) is 0. The minimum atomic E-state index is -0.665. The smallest absolute Gasteiger partial charge is 0.245 e. The van der Waals surface area contributed by atoms with Crippen molar-refractivity contribution in [3.63, 3.8) is 0 Å². The molecule has 1 unspecified atom stereocenters. The summed E-state index contributed by atoms with van der Waals surface area (Å²) in [6.07, 6.45) is 4.89. The largest absolute Gasteiger partial charge is 0.341 e. The highest BCUT2D eigenvalue weighted by atomic mass is 16.2. The average Bonchev–Trinajstić information content (AvgIpc) is 2.78. The zero-order valence-corrected chi connectivity index (χ0v) is 17.9. The van der Waals surface area contributed by atoms with Crippen molar-refractivity contribution in [3.05, 3.63) is 107 Å². The number of rotatable bonds is 8. The van der Waals surface area contributed by atoms with Gasteiger partial charge in [-0.25, -0.2) is 0 Å². The van der Waals surface area contributed by atoms with Crippen LogP contribution >= 0.6 is 0 Å². The fraction of sp³-hybridized carbons (Fsp3) is 0.192. The van der Waals surface area contributed by atoms with Gasteiger partial charge in [0.1, 0.15) is 6.04 Å². The highest BCUT2D eigenvalue weighted by Crippen LogP contribution is 2.12. The Kier molecular flexibility index (Phi) is 7.71. The summed E-state index contributed by atoms with van der Waals surface area (Å²) in [5.74, 6) is -0.466. The molecular weight excluding hydrogens is 386 g/mol. The van der Waals surface area contributed by atoms with Gasteiger partial charge in [-0.15, -0.1) is 0 Å². The van der Waals surface area contributed by atoms with Crippen LogP contribution in [-0.4, -0.2) is 27.7 Å². The van der Waals surface area contributed by atoms with E-state index in [9.17, 15) is 9.59 Å². The highest BCUT2D eigenvalue weighted by molar-refractivity contribution is 5.95. The minimum absolute atomic E-state index is 0.159. The van der Waals surface area contributed by atoms with Gasteiger partial charge < -0.3 is 10.2 Å². The summed E-state index contributed by atoms with van der Waals surface area (Å²) in [5, 5.41) is 2.78. The molecule has 31 heavy (non-hydrogen) atoms. The highest BCUT2D eigenvalue weighted by Gasteiger charge is 2.22. The molecular formula is C26H27N3O2. The Balaban J connectivity index is 1.70.